The molecule has 0 aliphatic carbocycles. The van der Waals surface area contributed by atoms with E-state index in [2.05, 4.69) is 25.7 Å². The standard InChI is InChI=1S/C8H8.C6H15N/c1-2-8-6-4-3-5-7-8;1-3-5-7-6-4-2/h2-7H,1H2;7H,3-6H2,1-2H3. The number of benzene rings is 1. The van der Waals surface area contributed by atoms with Gasteiger partial charge in [0.25, 0.3) is 0 Å². The smallest absolute Gasteiger partial charge is 0.00516 e. The van der Waals surface area contributed by atoms with Gasteiger partial charge in [-0.25, -0.2) is 0 Å². The van der Waals surface area contributed by atoms with Gasteiger partial charge in [0.05, 0.1) is 0 Å². The lowest BCUT2D eigenvalue weighted by atomic mass is 10.2. The molecule has 15 heavy (non-hydrogen) atoms. The summed E-state index contributed by atoms with van der Waals surface area (Å²) in [5.41, 5.74) is 1.17. The minimum absolute atomic E-state index is 1.17. The lowest BCUT2D eigenvalue weighted by Crippen LogP contribution is -2.14. The maximum Gasteiger partial charge on any atom is -0.00516 e. The number of rotatable bonds is 5. The van der Waals surface area contributed by atoms with Crippen LogP contribution in [-0.2, 0) is 0 Å². The Morgan fingerprint density at radius 3 is 1.93 bits per heavy atom. The van der Waals surface area contributed by atoms with Crippen molar-refractivity contribution in [3.63, 3.8) is 0 Å². The van der Waals surface area contributed by atoms with Gasteiger partial charge < -0.3 is 5.32 Å². The quantitative estimate of drug-likeness (QED) is 0.722. The van der Waals surface area contributed by atoms with Crippen LogP contribution in [0.3, 0.4) is 0 Å². The van der Waals surface area contributed by atoms with E-state index in [4.69, 9.17) is 0 Å². The highest BCUT2D eigenvalue weighted by atomic mass is 14.8. The second-order valence-electron chi connectivity index (χ2n) is 3.36. The zero-order valence-corrected chi connectivity index (χ0v) is 10.00. The van der Waals surface area contributed by atoms with Crippen LogP contribution < -0.4 is 5.32 Å². The van der Waals surface area contributed by atoms with E-state index >= 15 is 0 Å². The van der Waals surface area contributed by atoms with Gasteiger partial charge >= 0.3 is 0 Å². The molecule has 0 spiro atoms. The Morgan fingerprint density at radius 2 is 1.60 bits per heavy atom. The molecule has 0 radical (unpaired) electrons. The Morgan fingerprint density at radius 1 is 1.07 bits per heavy atom. The molecular formula is C14H23N. The van der Waals surface area contributed by atoms with E-state index in [1.165, 1.54) is 31.5 Å². The maximum absolute atomic E-state index is 3.63. The van der Waals surface area contributed by atoms with Gasteiger partial charge in [-0.2, -0.15) is 0 Å². The van der Waals surface area contributed by atoms with Crippen LogP contribution in [0, 0.1) is 0 Å². The summed E-state index contributed by atoms with van der Waals surface area (Å²) in [7, 11) is 0. The monoisotopic (exact) mass is 205 g/mol. The van der Waals surface area contributed by atoms with E-state index in [0.717, 1.165) is 0 Å². The third-order valence-electron chi connectivity index (χ3n) is 1.89. The van der Waals surface area contributed by atoms with E-state index in [1.54, 1.807) is 0 Å². The first kappa shape index (κ1) is 13.9. The molecule has 0 atom stereocenters. The lowest BCUT2D eigenvalue weighted by Gasteiger charge is -1.95. The highest BCUT2D eigenvalue weighted by Gasteiger charge is 1.77. The summed E-state index contributed by atoms with van der Waals surface area (Å²) in [6, 6.07) is 10.0. The van der Waals surface area contributed by atoms with Crippen molar-refractivity contribution in [2.24, 2.45) is 0 Å². The average Bonchev–Trinajstić information content (AvgIpc) is 2.32. The Balaban J connectivity index is 0.000000265. The predicted molar refractivity (Wildman–Crippen MR) is 70.0 cm³/mol. The summed E-state index contributed by atoms with van der Waals surface area (Å²) >= 11 is 0. The second-order valence-corrected chi connectivity index (χ2v) is 3.36. The molecule has 1 N–H and O–H groups in total. The average molecular weight is 205 g/mol. The fourth-order valence-corrected chi connectivity index (χ4v) is 1.07. The van der Waals surface area contributed by atoms with Gasteiger partial charge in [-0.15, -0.1) is 0 Å². The molecule has 1 nitrogen and oxygen atoms in total. The highest BCUT2D eigenvalue weighted by Crippen LogP contribution is 1.97. The van der Waals surface area contributed by atoms with Gasteiger partial charge in [-0.3, -0.25) is 0 Å². The fourth-order valence-electron chi connectivity index (χ4n) is 1.07. The summed E-state index contributed by atoms with van der Waals surface area (Å²) in [4.78, 5) is 0. The first-order chi connectivity index (χ1) is 7.35. The largest absolute Gasteiger partial charge is 0.317 e. The summed E-state index contributed by atoms with van der Waals surface area (Å²) in [6.45, 7) is 10.3. The van der Waals surface area contributed by atoms with Gasteiger partial charge in [0.15, 0.2) is 0 Å². The van der Waals surface area contributed by atoms with Crippen LogP contribution in [0.2, 0.25) is 0 Å². The Bertz CT molecular complexity index is 224. The van der Waals surface area contributed by atoms with Crippen molar-refractivity contribution < 1.29 is 0 Å². The lowest BCUT2D eigenvalue weighted by molar-refractivity contribution is 0.662. The van der Waals surface area contributed by atoms with Crippen molar-refractivity contribution in [1.29, 1.82) is 0 Å². The third kappa shape index (κ3) is 9.23. The second kappa shape index (κ2) is 11.0. The SMILES string of the molecule is C=Cc1ccccc1.CCCNCCC. The highest BCUT2D eigenvalue weighted by molar-refractivity contribution is 5.45. The van der Waals surface area contributed by atoms with Crippen LogP contribution in [0.1, 0.15) is 32.3 Å². The van der Waals surface area contributed by atoms with Crippen molar-refractivity contribution in [1.82, 2.24) is 5.32 Å². The minimum atomic E-state index is 1.17. The Hall–Kier alpha value is -1.08. The molecule has 0 amide bonds. The van der Waals surface area contributed by atoms with Crippen molar-refractivity contribution in [2.75, 3.05) is 13.1 Å². The van der Waals surface area contributed by atoms with Gasteiger partial charge in [-0.1, -0.05) is 56.8 Å². The van der Waals surface area contributed by atoms with Crippen molar-refractivity contribution in [2.45, 2.75) is 26.7 Å². The Labute approximate surface area is 94.2 Å². The van der Waals surface area contributed by atoms with Crippen molar-refractivity contribution in [3.05, 3.63) is 42.5 Å². The third-order valence-corrected chi connectivity index (χ3v) is 1.89. The summed E-state index contributed by atoms with van der Waals surface area (Å²) in [5, 5.41) is 3.28. The molecule has 0 aliphatic rings. The first-order valence-electron chi connectivity index (χ1n) is 5.73. The van der Waals surface area contributed by atoms with Crippen LogP contribution >= 0.6 is 0 Å². The predicted octanol–water partition coefficient (Wildman–Crippen LogP) is 3.73. The topological polar surface area (TPSA) is 12.0 Å². The molecule has 0 bridgehead atoms. The van der Waals surface area contributed by atoms with Gasteiger partial charge in [0.1, 0.15) is 0 Å². The molecule has 84 valence electrons. The van der Waals surface area contributed by atoms with Gasteiger partial charge in [0, 0.05) is 0 Å². The van der Waals surface area contributed by atoms with Crippen molar-refractivity contribution in [3.8, 4) is 0 Å². The first-order valence-corrected chi connectivity index (χ1v) is 5.73. The molecule has 0 aliphatic heterocycles. The molecule has 1 rings (SSSR count). The molecular weight excluding hydrogens is 182 g/mol. The molecule has 1 aromatic rings. The number of hydrogen-bond donors (Lipinski definition) is 1. The molecule has 0 aromatic heterocycles. The van der Waals surface area contributed by atoms with Crippen LogP contribution in [0.25, 0.3) is 6.08 Å². The molecule has 0 unspecified atom stereocenters. The van der Waals surface area contributed by atoms with Gasteiger partial charge in [-0.05, 0) is 31.5 Å². The molecule has 0 fully saturated rings. The normalized spacial score (nSPS) is 8.93. The number of hydrogen-bond acceptors (Lipinski definition) is 1. The van der Waals surface area contributed by atoms with Crippen molar-refractivity contribution >= 4 is 6.08 Å². The maximum atomic E-state index is 3.63. The summed E-state index contributed by atoms with van der Waals surface area (Å²) in [6.07, 6.45) is 4.33. The molecule has 1 aromatic carbocycles. The van der Waals surface area contributed by atoms with Crippen LogP contribution in [0.15, 0.2) is 36.9 Å². The number of nitrogens with one attached hydrogen (secondary N) is 1. The van der Waals surface area contributed by atoms with E-state index in [-0.39, 0.29) is 0 Å². The van der Waals surface area contributed by atoms with E-state index in [0.29, 0.717) is 0 Å². The van der Waals surface area contributed by atoms with Crippen LogP contribution in [0.5, 0.6) is 0 Å². The fraction of sp³-hybridized carbons (Fsp3) is 0.429. The van der Waals surface area contributed by atoms with E-state index < -0.39 is 0 Å². The molecule has 0 heterocycles. The zero-order chi connectivity index (χ0) is 11.4. The summed E-state index contributed by atoms with van der Waals surface area (Å²) < 4.78 is 0. The zero-order valence-electron chi connectivity index (χ0n) is 10.00. The molecule has 0 saturated carbocycles. The van der Waals surface area contributed by atoms with Crippen LogP contribution in [0.4, 0.5) is 0 Å². The summed E-state index contributed by atoms with van der Waals surface area (Å²) in [5.74, 6) is 0. The van der Waals surface area contributed by atoms with Crippen LogP contribution in [-0.4, -0.2) is 13.1 Å². The Kier molecular flexibility index (Phi) is 10.2. The van der Waals surface area contributed by atoms with E-state index in [9.17, 15) is 0 Å². The molecule has 0 saturated heterocycles. The van der Waals surface area contributed by atoms with E-state index in [1.807, 2.05) is 36.4 Å². The minimum Gasteiger partial charge on any atom is -0.317 e. The van der Waals surface area contributed by atoms with Gasteiger partial charge in [0.2, 0.25) is 0 Å². The molecule has 1 heteroatoms.